The summed E-state index contributed by atoms with van der Waals surface area (Å²) in [4.78, 5) is 0. The second-order valence-electron chi connectivity index (χ2n) is 2.66. The summed E-state index contributed by atoms with van der Waals surface area (Å²) in [5.41, 5.74) is 7.27. The number of hydrogen-bond donors (Lipinski definition) is 2. The van der Waals surface area contributed by atoms with Crippen molar-refractivity contribution in [2.75, 3.05) is 5.73 Å². The molecule has 13 heavy (non-hydrogen) atoms. The Balaban J connectivity index is 2.76. The van der Waals surface area contributed by atoms with Gasteiger partial charge in [0.15, 0.2) is 4.32 Å². The number of nitrogens with two attached hydrogens (primary N) is 1. The molecule has 66 valence electrons. The third-order valence-corrected chi connectivity index (χ3v) is 2.14. The standard InChI is InChI=1S/C8H7N3S2/c9-6-1-2-7-5(3-6)4-10-11(7)8(12)13/h1-4H,9H2,(H,12,13). The highest BCUT2D eigenvalue weighted by atomic mass is 32.1. The topological polar surface area (TPSA) is 43.8 Å². The molecule has 1 aromatic heterocycles. The van der Waals surface area contributed by atoms with E-state index in [9.17, 15) is 0 Å². The molecule has 1 aromatic carbocycles. The van der Waals surface area contributed by atoms with Crippen molar-refractivity contribution < 1.29 is 0 Å². The van der Waals surface area contributed by atoms with Crippen LogP contribution < -0.4 is 5.73 Å². The highest BCUT2D eigenvalue weighted by Gasteiger charge is 2.03. The van der Waals surface area contributed by atoms with Crippen LogP contribution in [0.25, 0.3) is 10.9 Å². The largest absolute Gasteiger partial charge is 0.399 e. The molecule has 2 rings (SSSR count). The molecule has 0 fully saturated rings. The van der Waals surface area contributed by atoms with Gasteiger partial charge in [0, 0.05) is 11.1 Å². The maximum atomic E-state index is 5.62. The predicted molar refractivity (Wildman–Crippen MR) is 61.1 cm³/mol. The first-order valence-electron chi connectivity index (χ1n) is 3.65. The Morgan fingerprint density at radius 2 is 2.31 bits per heavy atom. The number of aromatic nitrogens is 2. The van der Waals surface area contributed by atoms with Gasteiger partial charge >= 0.3 is 0 Å². The molecule has 0 atom stereocenters. The van der Waals surface area contributed by atoms with E-state index < -0.39 is 0 Å². The van der Waals surface area contributed by atoms with Gasteiger partial charge in [0.25, 0.3) is 0 Å². The first kappa shape index (κ1) is 8.52. The van der Waals surface area contributed by atoms with Gasteiger partial charge in [-0.2, -0.15) is 5.10 Å². The van der Waals surface area contributed by atoms with Gasteiger partial charge in [-0.3, -0.25) is 0 Å². The van der Waals surface area contributed by atoms with Crippen molar-refractivity contribution in [1.29, 1.82) is 0 Å². The summed E-state index contributed by atoms with van der Waals surface area (Å²) < 4.78 is 2.02. The second-order valence-corrected chi connectivity index (χ2v) is 3.77. The summed E-state index contributed by atoms with van der Waals surface area (Å²) >= 11 is 8.97. The lowest BCUT2D eigenvalue weighted by molar-refractivity contribution is 0.996. The van der Waals surface area contributed by atoms with Gasteiger partial charge < -0.3 is 5.73 Å². The molecule has 0 aliphatic heterocycles. The van der Waals surface area contributed by atoms with Gasteiger partial charge in [0.2, 0.25) is 0 Å². The molecule has 2 aromatic rings. The first-order chi connectivity index (χ1) is 6.18. The van der Waals surface area contributed by atoms with Crippen LogP contribution in [0.2, 0.25) is 0 Å². The van der Waals surface area contributed by atoms with Crippen LogP contribution in [0.4, 0.5) is 5.69 Å². The molecule has 2 N–H and O–H groups in total. The van der Waals surface area contributed by atoms with E-state index in [1.165, 1.54) is 0 Å². The Morgan fingerprint density at radius 1 is 1.54 bits per heavy atom. The highest BCUT2D eigenvalue weighted by molar-refractivity contribution is 8.11. The molecule has 3 nitrogen and oxygen atoms in total. The number of nitrogens with zero attached hydrogens (tertiary/aromatic N) is 2. The van der Waals surface area contributed by atoms with Crippen LogP contribution in [0.3, 0.4) is 0 Å². The molecule has 1 heterocycles. The van der Waals surface area contributed by atoms with E-state index >= 15 is 0 Å². The smallest absolute Gasteiger partial charge is 0.158 e. The van der Waals surface area contributed by atoms with Gasteiger partial charge in [0.05, 0.1) is 11.7 Å². The van der Waals surface area contributed by atoms with Crippen molar-refractivity contribution >= 4 is 45.8 Å². The lowest BCUT2D eigenvalue weighted by Crippen LogP contribution is -2.02. The van der Waals surface area contributed by atoms with Crippen molar-refractivity contribution in [2.24, 2.45) is 0 Å². The van der Waals surface area contributed by atoms with E-state index in [0.29, 0.717) is 4.32 Å². The molecular formula is C8H7N3S2. The van der Waals surface area contributed by atoms with Crippen LogP contribution >= 0.6 is 24.8 Å². The molecule has 0 saturated carbocycles. The minimum absolute atomic E-state index is 0.430. The van der Waals surface area contributed by atoms with E-state index in [1.54, 1.807) is 10.9 Å². The molecule has 0 aliphatic rings. The van der Waals surface area contributed by atoms with Crippen LogP contribution in [0.5, 0.6) is 0 Å². The lowest BCUT2D eigenvalue weighted by Gasteiger charge is -1.98. The van der Waals surface area contributed by atoms with E-state index in [2.05, 4.69) is 17.7 Å². The predicted octanol–water partition coefficient (Wildman–Crippen LogP) is 1.68. The molecule has 0 saturated heterocycles. The van der Waals surface area contributed by atoms with Crippen LogP contribution in [-0.4, -0.2) is 14.1 Å². The van der Waals surface area contributed by atoms with E-state index in [4.69, 9.17) is 18.0 Å². The Bertz CT molecular complexity index is 475. The zero-order chi connectivity index (χ0) is 9.42. The average molecular weight is 209 g/mol. The fourth-order valence-electron chi connectivity index (χ4n) is 1.20. The van der Waals surface area contributed by atoms with E-state index in [0.717, 1.165) is 16.6 Å². The maximum absolute atomic E-state index is 5.62. The molecule has 0 amide bonds. The average Bonchev–Trinajstić information content (AvgIpc) is 2.46. The fraction of sp³-hybridized carbons (Fsp3) is 0. The Labute approximate surface area is 85.9 Å². The second kappa shape index (κ2) is 3.01. The first-order valence-corrected chi connectivity index (χ1v) is 4.50. The fourth-order valence-corrected chi connectivity index (χ4v) is 1.51. The third kappa shape index (κ3) is 1.40. The Kier molecular flexibility index (Phi) is 1.97. The summed E-state index contributed by atoms with van der Waals surface area (Å²) in [5.74, 6) is 0. The number of rotatable bonds is 0. The van der Waals surface area contributed by atoms with Crippen molar-refractivity contribution in [2.45, 2.75) is 0 Å². The van der Waals surface area contributed by atoms with Crippen LogP contribution in [0.1, 0.15) is 0 Å². The van der Waals surface area contributed by atoms with Gasteiger partial charge in [-0.05, 0) is 18.2 Å². The number of thiocarbonyl (C=S) groups is 1. The number of anilines is 1. The van der Waals surface area contributed by atoms with Crippen LogP contribution in [-0.2, 0) is 0 Å². The lowest BCUT2D eigenvalue weighted by atomic mass is 10.2. The summed E-state index contributed by atoms with van der Waals surface area (Å²) in [7, 11) is 0. The quantitative estimate of drug-likeness (QED) is 0.394. The molecule has 5 heteroatoms. The molecule has 0 radical (unpaired) electrons. The molecule has 0 spiro atoms. The Hall–Kier alpha value is -1.07. The molecule has 0 aliphatic carbocycles. The summed E-state index contributed by atoms with van der Waals surface area (Å²) in [5, 5.41) is 5.05. The number of thiol groups is 1. The number of nitrogen functional groups attached to an aromatic ring is 1. The highest BCUT2D eigenvalue weighted by Crippen LogP contribution is 2.17. The number of benzene rings is 1. The number of hydrogen-bond acceptors (Lipinski definition) is 3. The number of fused-ring (bicyclic) bond motifs is 1. The summed E-state index contributed by atoms with van der Waals surface area (Å²) in [6.45, 7) is 0. The zero-order valence-electron chi connectivity index (χ0n) is 6.64. The maximum Gasteiger partial charge on any atom is 0.158 e. The minimum Gasteiger partial charge on any atom is -0.399 e. The molecule has 0 bridgehead atoms. The summed E-state index contributed by atoms with van der Waals surface area (Å²) in [6.07, 6.45) is 1.72. The van der Waals surface area contributed by atoms with Crippen LogP contribution in [0, 0.1) is 0 Å². The molecular weight excluding hydrogens is 202 g/mol. The SMILES string of the molecule is Nc1ccc2c(cnn2C(=S)S)c1. The van der Waals surface area contributed by atoms with Crippen molar-refractivity contribution in [1.82, 2.24) is 9.78 Å². The van der Waals surface area contributed by atoms with Gasteiger partial charge in [-0.25, -0.2) is 4.68 Å². The normalized spacial score (nSPS) is 10.5. The van der Waals surface area contributed by atoms with Crippen molar-refractivity contribution in [3.63, 3.8) is 0 Å². The third-order valence-electron chi connectivity index (χ3n) is 1.77. The van der Waals surface area contributed by atoms with Gasteiger partial charge in [-0.1, -0.05) is 12.2 Å². The van der Waals surface area contributed by atoms with Gasteiger partial charge in [-0.15, -0.1) is 12.6 Å². The van der Waals surface area contributed by atoms with Crippen molar-refractivity contribution in [3.8, 4) is 0 Å². The summed E-state index contributed by atoms with van der Waals surface area (Å²) in [6, 6.07) is 5.54. The molecule has 0 unspecified atom stereocenters. The van der Waals surface area contributed by atoms with Gasteiger partial charge in [0.1, 0.15) is 0 Å². The van der Waals surface area contributed by atoms with Crippen molar-refractivity contribution in [3.05, 3.63) is 24.4 Å². The Morgan fingerprint density at radius 3 is 3.00 bits per heavy atom. The van der Waals surface area contributed by atoms with E-state index in [-0.39, 0.29) is 0 Å². The monoisotopic (exact) mass is 209 g/mol. The minimum atomic E-state index is 0.430. The van der Waals surface area contributed by atoms with Crippen LogP contribution in [0.15, 0.2) is 24.4 Å². The zero-order valence-corrected chi connectivity index (χ0v) is 8.35. The van der Waals surface area contributed by atoms with E-state index in [1.807, 2.05) is 18.2 Å².